The lowest BCUT2D eigenvalue weighted by Gasteiger charge is -2.39. The smallest absolute Gasteiger partial charge is 0.231 e. The standard InChI is InChI=1S/C26H24ClN5O3/c1-32(30-26(33)17-6-9-23-24(14-17)35-16-34-23)12-10-31(11-13-32)25-19-4-2-3-5-20(19)28-21-8-7-18(27)15-22(21)29-25/h2-9,14-15H,10-13,16H2,1H3,(H-,28,29,30,33). The number of benzene rings is 3. The van der Waals surface area contributed by atoms with Crippen LogP contribution in [0.25, 0.3) is 0 Å². The number of para-hydroxylation sites is 1. The van der Waals surface area contributed by atoms with Crippen LogP contribution in [0.1, 0.15) is 11.1 Å². The maximum Gasteiger partial charge on any atom is 0.231 e. The van der Waals surface area contributed by atoms with Crippen molar-refractivity contribution < 1.29 is 19.2 Å². The lowest BCUT2D eigenvalue weighted by molar-refractivity contribution is -0.920. The molecule has 0 unspecified atom stereocenters. The van der Waals surface area contributed by atoms with Crippen molar-refractivity contribution in [1.29, 1.82) is 0 Å². The summed E-state index contributed by atoms with van der Waals surface area (Å²) in [6, 6.07) is 19.0. The number of amidine groups is 1. The highest BCUT2D eigenvalue weighted by Gasteiger charge is 2.32. The van der Waals surface area contributed by atoms with Crippen LogP contribution in [-0.4, -0.2) is 61.2 Å². The van der Waals surface area contributed by atoms with E-state index in [2.05, 4.69) is 27.5 Å². The number of likely N-dealkylation sites (N-methyl/N-ethyl adjacent to an activating group) is 1. The van der Waals surface area contributed by atoms with Gasteiger partial charge in [-0.25, -0.2) is 4.99 Å². The third-order valence-corrected chi connectivity index (χ3v) is 6.81. The van der Waals surface area contributed by atoms with E-state index in [1.807, 2.05) is 37.4 Å². The molecule has 1 fully saturated rings. The van der Waals surface area contributed by atoms with Gasteiger partial charge in [-0.3, -0.25) is 0 Å². The molecule has 178 valence electrons. The maximum absolute atomic E-state index is 12.9. The van der Waals surface area contributed by atoms with Crippen LogP contribution in [0.4, 0.5) is 17.1 Å². The van der Waals surface area contributed by atoms with Crippen LogP contribution in [0, 0.1) is 0 Å². The zero-order valence-corrected chi connectivity index (χ0v) is 20.0. The summed E-state index contributed by atoms with van der Waals surface area (Å²) in [5.74, 6) is 1.86. The fourth-order valence-corrected chi connectivity index (χ4v) is 4.73. The lowest BCUT2D eigenvalue weighted by Crippen LogP contribution is -2.56. The first-order valence-electron chi connectivity index (χ1n) is 11.5. The van der Waals surface area contributed by atoms with Crippen molar-refractivity contribution in [2.24, 2.45) is 10.1 Å². The van der Waals surface area contributed by atoms with Crippen LogP contribution < -0.4 is 19.9 Å². The number of nitrogens with one attached hydrogen (secondary N) is 1. The Labute approximate surface area is 208 Å². The molecule has 0 aromatic heterocycles. The summed E-state index contributed by atoms with van der Waals surface area (Å²) in [6.07, 6.45) is 0. The van der Waals surface area contributed by atoms with E-state index in [0.717, 1.165) is 28.5 Å². The highest BCUT2D eigenvalue weighted by atomic mass is 35.5. The number of nitrogens with zero attached hydrogens (tertiary/aromatic N) is 4. The minimum absolute atomic E-state index is 0.174. The Morgan fingerprint density at radius 3 is 2.69 bits per heavy atom. The molecule has 1 saturated heterocycles. The lowest BCUT2D eigenvalue weighted by atomic mass is 10.1. The quantitative estimate of drug-likeness (QED) is 0.337. The van der Waals surface area contributed by atoms with Gasteiger partial charge in [0, 0.05) is 16.3 Å². The molecule has 0 amide bonds. The number of fused-ring (bicyclic) bond motifs is 3. The Hall–Kier alpha value is -3.75. The second-order valence-electron chi connectivity index (χ2n) is 9.01. The second-order valence-corrected chi connectivity index (χ2v) is 9.45. The van der Waals surface area contributed by atoms with Crippen molar-refractivity contribution in [3.8, 4) is 11.5 Å². The number of anilines is 2. The zero-order chi connectivity index (χ0) is 24.0. The first kappa shape index (κ1) is 21.8. The number of aliphatic imine (C=N–C) groups is 1. The first-order valence-corrected chi connectivity index (χ1v) is 11.9. The average Bonchev–Trinajstić information content (AvgIpc) is 3.26. The first-order chi connectivity index (χ1) is 17.0. The van der Waals surface area contributed by atoms with Gasteiger partial charge in [-0.2, -0.15) is 4.59 Å². The molecule has 3 aromatic rings. The fourth-order valence-electron chi connectivity index (χ4n) is 4.56. The van der Waals surface area contributed by atoms with Gasteiger partial charge in [0.05, 0.1) is 37.4 Å². The van der Waals surface area contributed by atoms with Crippen LogP contribution in [0.5, 0.6) is 11.5 Å². The van der Waals surface area contributed by atoms with Crippen LogP contribution in [0.3, 0.4) is 0 Å². The van der Waals surface area contributed by atoms with Gasteiger partial charge >= 0.3 is 0 Å². The molecule has 6 rings (SSSR count). The van der Waals surface area contributed by atoms with Gasteiger partial charge in [0.2, 0.25) is 6.79 Å². The van der Waals surface area contributed by atoms with E-state index in [9.17, 15) is 5.11 Å². The van der Waals surface area contributed by atoms with Gasteiger partial charge in [-0.05, 0) is 54.1 Å². The van der Waals surface area contributed by atoms with Crippen molar-refractivity contribution in [1.82, 2.24) is 4.90 Å². The van der Waals surface area contributed by atoms with Gasteiger partial charge in [0.15, 0.2) is 11.5 Å². The van der Waals surface area contributed by atoms with Gasteiger partial charge in [-0.1, -0.05) is 28.8 Å². The predicted molar refractivity (Wildman–Crippen MR) is 134 cm³/mol. The number of quaternary nitrogens is 1. The van der Waals surface area contributed by atoms with Crippen molar-refractivity contribution >= 4 is 40.4 Å². The number of ether oxygens (including phenoxy) is 2. The monoisotopic (exact) mass is 489 g/mol. The van der Waals surface area contributed by atoms with E-state index in [1.165, 1.54) is 0 Å². The number of halogens is 1. The largest absolute Gasteiger partial charge is 0.855 e. The number of hydrogen-bond acceptors (Lipinski definition) is 7. The van der Waals surface area contributed by atoms with E-state index in [1.54, 1.807) is 18.2 Å². The van der Waals surface area contributed by atoms with Crippen molar-refractivity contribution in [3.05, 3.63) is 76.8 Å². The Morgan fingerprint density at radius 2 is 1.83 bits per heavy atom. The molecule has 3 heterocycles. The Kier molecular flexibility index (Phi) is 5.27. The molecule has 3 aliphatic rings. The fraction of sp³-hybridized carbons (Fsp3) is 0.231. The summed E-state index contributed by atoms with van der Waals surface area (Å²) < 4.78 is 11.0. The molecule has 0 radical (unpaired) electrons. The second kappa shape index (κ2) is 8.48. The zero-order valence-electron chi connectivity index (χ0n) is 19.2. The van der Waals surface area contributed by atoms with Crippen LogP contribution in [0.15, 0.2) is 70.8 Å². The van der Waals surface area contributed by atoms with Crippen molar-refractivity contribution in [3.63, 3.8) is 0 Å². The third kappa shape index (κ3) is 4.15. The summed E-state index contributed by atoms with van der Waals surface area (Å²) in [5.41, 5.74) is 4.24. The molecule has 0 bridgehead atoms. The molecule has 3 aromatic carbocycles. The molecule has 3 aliphatic heterocycles. The highest BCUT2D eigenvalue weighted by Crippen LogP contribution is 2.37. The highest BCUT2D eigenvalue weighted by molar-refractivity contribution is 6.31. The van der Waals surface area contributed by atoms with Crippen LogP contribution in [-0.2, 0) is 0 Å². The van der Waals surface area contributed by atoms with Gasteiger partial charge in [0.1, 0.15) is 18.9 Å². The molecule has 35 heavy (non-hydrogen) atoms. The minimum atomic E-state index is -0.260. The molecule has 0 aliphatic carbocycles. The van der Waals surface area contributed by atoms with Gasteiger partial charge in [0.25, 0.3) is 0 Å². The molecular formula is C26H24ClN5O3. The number of rotatable bonds is 2. The summed E-state index contributed by atoms with van der Waals surface area (Å²) >= 11 is 6.27. The van der Waals surface area contributed by atoms with Gasteiger partial charge in [-0.15, -0.1) is 0 Å². The SMILES string of the molecule is C[N+]1(/N=C(\[O-])c2ccc3c(c2)OCO3)CCN(C2=Nc3cc(Cl)ccc3Nc3ccccc32)CC1. The van der Waals surface area contributed by atoms with E-state index in [-0.39, 0.29) is 12.7 Å². The topological polar surface area (TPSA) is 81.5 Å². The Bertz CT molecular complexity index is 1360. The minimum Gasteiger partial charge on any atom is -0.855 e. The molecule has 0 spiro atoms. The van der Waals surface area contributed by atoms with E-state index >= 15 is 0 Å². The maximum atomic E-state index is 12.9. The van der Waals surface area contributed by atoms with Crippen LogP contribution in [0.2, 0.25) is 5.02 Å². The number of hydrogen-bond donors (Lipinski definition) is 1. The van der Waals surface area contributed by atoms with E-state index < -0.39 is 0 Å². The van der Waals surface area contributed by atoms with E-state index in [4.69, 9.17) is 26.1 Å². The molecule has 0 saturated carbocycles. The van der Waals surface area contributed by atoms with Crippen molar-refractivity contribution in [2.45, 2.75) is 0 Å². The summed E-state index contributed by atoms with van der Waals surface area (Å²) in [7, 11) is 1.99. The molecule has 0 atom stereocenters. The number of piperazine rings is 1. The van der Waals surface area contributed by atoms with Crippen LogP contribution >= 0.6 is 11.6 Å². The summed E-state index contributed by atoms with van der Waals surface area (Å²) in [6.45, 7) is 2.93. The predicted octanol–water partition coefficient (Wildman–Crippen LogP) is 3.69. The molecule has 1 N–H and O–H groups in total. The van der Waals surface area contributed by atoms with Gasteiger partial charge < -0.3 is 24.8 Å². The summed E-state index contributed by atoms with van der Waals surface area (Å²) in [5, 5.41) is 21.6. The molecule has 9 heteroatoms. The molecular weight excluding hydrogens is 466 g/mol. The average molecular weight is 490 g/mol. The van der Waals surface area contributed by atoms with Crippen molar-refractivity contribution in [2.75, 3.05) is 45.3 Å². The molecule has 8 nitrogen and oxygen atoms in total. The third-order valence-electron chi connectivity index (χ3n) is 6.58. The van der Waals surface area contributed by atoms with E-state index in [0.29, 0.717) is 52.9 Å². The summed E-state index contributed by atoms with van der Waals surface area (Å²) in [4.78, 5) is 7.28. The normalized spacial score (nSPS) is 18.2. The Balaban J connectivity index is 1.26. The Morgan fingerprint density at radius 1 is 1.03 bits per heavy atom.